The summed E-state index contributed by atoms with van der Waals surface area (Å²) in [6, 6.07) is 27.9. The highest BCUT2D eigenvalue weighted by molar-refractivity contribution is 7.89. The summed E-state index contributed by atoms with van der Waals surface area (Å²) in [6.07, 6.45) is 0.991. The minimum atomic E-state index is -4.00. The molecular weight excluding hydrogens is 570 g/mol. The lowest BCUT2D eigenvalue weighted by atomic mass is 10.0. The van der Waals surface area contributed by atoms with Gasteiger partial charge < -0.3 is 10.2 Å². The van der Waals surface area contributed by atoms with Crippen molar-refractivity contribution in [1.29, 1.82) is 0 Å². The number of hydrogen-bond donors (Lipinski definition) is 1. The van der Waals surface area contributed by atoms with Crippen molar-refractivity contribution in [2.75, 3.05) is 13.6 Å². The second-order valence-corrected chi connectivity index (χ2v) is 12.9. The molecule has 220 valence electrons. The molecule has 0 bridgehead atoms. The first-order valence-corrected chi connectivity index (χ1v) is 15.7. The molecule has 0 aromatic heterocycles. The first-order chi connectivity index (χ1) is 20.1. The smallest absolute Gasteiger partial charge is 0.243 e. The van der Waals surface area contributed by atoms with Gasteiger partial charge >= 0.3 is 0 Å². The molecular formula is C33H36ClN3O4S. The predicted molar refractivity (Wildman–Crippen MR) is 168 cm³/mol. The van der Waals surface area contributed by atoms with E-state index in [2.05, 4.69) is 5.32 Å². The molecule has 0 unspecified atom stereocenters. The molecule has 0 saturated carbocycles. The second kappa shape index (κ2) is 14.0. The van der Waals surface area contributed by atoms with Gasteiger partial charge in [0.1, 0.15) is 6.04 Å². The molecule has 4 aromatic carbocycles. The summed E-state index contributed by atoms with van der Waals surface area (Å²) >= 11 is 6.10. The minimum absolute atomic E-state index is 0.0936. The molecule has 0 heterocycles. The number of likely N-dealkylation sites (N-methyl/N-ethyl adjacent to an activating group) is 1. The van der Waals surface area contributed by atoms with E-state index in [0.29, 0.717) is 5.02 Å². The lowest BCUT2D eigenvalue weighted by Crippen LogP contribution is -2.54. The Morgan fingerprint density at radius 1 is 0.857 bits per heavy atom. The van der Waals surface area contributed by atoms with Gasteiger partial charge in [-0.1, -0.05) is 91.3 Å². The Kier molecular flexibility index (Phi) is 10.4. The predicted octanol–water partition coefficient (Wildman–Crippen LogP) is 5.67. The number of fused-ring (bicyclic) bond motifs is 1. The molecule has 0 radical (unpaired) electrons. The van der Waals surface area contributed by atoms with Crippen molar-refractivity contribution in [2.24, 2.45) is 0 Å². The molecule has 0 spiro atoms. The summed E-state index contributed by atoms with van der Waals surface area (Å²) in [5, 5.41) is 5.27. The minimum Gasteiger partial charge on any atom is -0.352 e. The van der Waals surface area contributed by atoms with Crippen LogP contribution in [0.1, 0.15) is 31.4 Å². The summed E-state index contributed by atoms with van der Waals surface area (Å²) < 4.78 is 28.2. The van der Waals surface area contributed by atoms with Crippen LogP contribution in [0.15, 0.2) is 102 Å². The van der Waals surface area contributed by atoms with Gasteiger partial charge in [-0.25, -0.2) is 8.42 Å². The number of rotatable bonds is 12. The Bertz CT molecular complexity index is 1630. The van der Waals surface area contributed by atoms with Gasteiger partial charge in [-0.3, -0.25) is 9.59 Å². The molecule has 2 atom stereocenters. The van der Waals surface area contributed by atoms with Crippen molar-refractivity contribution in [2.45, 2.75) is 50.2 Å². The van der Waals surface area contributed by atoms with E-state index >= 15 is 0 Å². The largest absolute Gasteiger partial charge is 0.352 e. The van der Waals surface area contributed by atoms with Gasteiger partial charge in [0, 0.05) is 31.1 Å². The van der Waals surface area contributed by atoms with Crippen LogP contribution >= 0.6 is 11.6 Å². The molecule has 9 heteroatoms. The number of carbonyl (C=O) groups excluding carboxylic acids is 2. The third kappa shape index (κ3) is 7.76. The van der Waals surface area contributed by atoms with E-state index < -0.39 is 28.5 Å². The van der Waals surface area contributed by atoms with Crippen molar-refractivity contribution in [3.8, 4) is 0 Å². The van der Waals surface area contributed by atoms with Crippen molar-refractivity contribution in [1.82, 2.24) is 14.5 Å². The summed E-state index contributed by atoms with van der Waals surface area (Å²) in [5.74, 6) is -0.785. The zero-order valence-electron chi connectivity index (χ0n) is 24.0. The number of hydrogen-bond acceptors (Lipinski definition) is 4. The number of nitrogens with zero attached hydrogens (tertiary/aromatic N) is 2. The number of carbonyl (C=O) groups is 2. The number of sulfonamides is 1. The van der Waals surface area contributed by atoms with Gasteiger partial charge in [0.25, 0.3) is 0 Å². The zero-order chi connectivity index (χ0) is 30.3. The average molecular weight is 606 g/mol. The molecule has 1 N–H and O–H groups in total. The van der Waals surface area contributed by atoms with Crippen molar-refractivity contribution in [3.05, 3.63) is 113 Å². The van der Waals surface area contributed by atoms with Crippen molar-refractivity contribution in [3.63, 3.8) is 0 Å². The van der Waals surface area contributed by atoms with Gasteiger partial charge in [-0.15, -0.1) is 0 Å². The molecule has 7 nitrogen and oxygen atoms in total. The monoisotopic (exact) mass is 605 g/mol. The fourth-order valence-corrected chi connectivity index (χ4v) is 5.94. The van der Waals surface area contributed by atoms with Gasteiger partial charge in [0.2, 0.25) is 21.8 Å². The van der Waals surface area contributed by atoms with Crippen LogP contribution < -0.4 is 5.32 Å². The Hall–Kier alpha value is -3.72. The van der Waals surface area contributed by atoms with E-state index in [4.69, 9.17) is 11.6 Å². The topological polar surface area (TPSA) is 86.8 Å². The van der Waals surface area contributed by atoms with Crippen LogP contribution in [0.5, 0.6) is 0 Å². The van der Waals surface area contributed by atoms with Gasteiger partial charge in [0.05, 0.1) is 11.4 Å². The zero-order valence-corrected chi connectivity index (χ0v) is 25.6. The first-order valence-electron chi connectivity index (χ1n) is 13.9. The Morgan fingerprint density at radius 2 is 1.50 bits per heavy atom. The normalized spacial score (nSPS) is 13.1. The van der Waals surface area contributed by atoms with Crippen LogP contribution in [0.4, 0.5) is 0 Å². The lowest BCUT2D eigenvalue weighted by Gasteiger charge is -2.33. The molecule has 0 fully saturated rings. The highest BCUT2D eigenvalue weighted by Crippen LogP contribution is 2.22. The Morgan fingerprint density at radius 3 is 2.17 bits per heavy atom. The standard InChI is InChI=1S/C33H36ClN3O4S/c1-4-24(2)35-33(39)31(20-25-10-6-5-7-11-25)37(22-26-14-17-29(34)18-15-26)32(38)23-36(3)42(40,41)30-19-16-27-12-8-9-13-28(27)21-30/h5-19,21,24,31H,4,20,22-23H2,1-3H3,(H,35,39)/t24-,31+/m1/s1. The molecule has 0 aliphatic heterocycles. The van der Waals surface area contributed by atoms with E-state index in [1.165, 1.54) is 11.9 Å². The van der Waals surface area contributed by atoms with Crippen molar-refractivity contribution < 1.29 is 18.0 Å². The van der Waals surface area contributed by atoms with Gasteiger partial charge in [0.15, 0.2) is 0 Å². The van der Waals surface area contributed by atoms with Crippen LogP contribution in [0.3, 0.4) is 0 Å². The van der Waals surface area contributed by atoms with Crippen molar-refractivity contribution >= 4 is 44.2 Å². The number of nitrogens with one attached hydrogen (secondary N) is 1. The van der Waals surface area contributed by atoms with Crippen LogP contribution in [0.2, 0.25) is 5.02 Å². The van der Waals surface area contributed by atoms with Gasteiger partial charge in [-0.2, -0.15) is 4.31 Å². The quantitative estimate of drug-likeness (QED) is 0.225. The highest BCUT2D eigenvalue weighted by atomic mass is 35.5. The molecule has 0 saturated heterocycles. The van der Waals surface area contributed by atoms with E-state index in [0.717, 1.165) is 32.6 Å². The van der Waals surface area contributed by atoms with Crippen LogP contribution in [-0.4, -0.2) is 55.1 Å². The lowest BCUT2D eigenvalue weighted by molar-refractivity contribution is -0.141. The van der Waals surface area contributed by atoms with Crippen LogP contribution in [-0.2, 0) is 32.6 Å². The maximum absolute atomic E-state index is 14.0. The highest BCUT2D eigenvalue weighted by Gasteiger charge is 2.33. The summed E-state index contributed by atoms with van der Waals surface area (Å²) in [5.41, 5.74) is 1.65. The van der Waals surface area contributed by atoms with Crippen LogP contribution in [0.25, 0.3) is 10.8 Å². The Labute approximate surface area is 253 Å². The molecule has 42 heavy (non-hydrogen) atoms. The molecule has 0 aliphatic rings. The SMILES string of the molecule is CC[C@@H](C)NC(=O)[C@H](Cc1ccccc1)N(Cc1ccc(Cl)cc1)C(=O)CN(C)S(=O)(=O)c1ccc2ccccc2c1. The van der Waals surface area contributed by atoms with Gasteiger partial charge in [-0.05, 0) is 59.5 Å². The maximum Gasteiger partial charge on any atom is 0.243 e. The maximum atomic E-state index is 14.0. The third-order valence-electron chi connectivity index (χ3n) is 7.33. The third-order valence-corrected chi connectivity index (χ3v) is 9.38. The number of amides is 2. The summed E-state index contributed by atoms with van der Waals surface area (Å²) in [6.45, 7) is 3.54. The van der Waals surface area contributed by atoms with E-state index in [1.807, 2.05) is 68.4 Å². The Balaban J connectivity index is 1.67. The molecule has 4 rings (SSSR count). The van der Waals surface area contributed by atoms with E-state index in [-0.39, 0.29) is 29.8 Å². The molecule has 4 aromatic rings. The number of halogens is 1. The summed E-state index contributed by atoms with van der Waals surface area (Å²) in [7, 11) is -2.61. The van der Waals surface area contributed by atoms with E-state index in [1.54, 1.807) is 42.5 Å². The fourth-order valence-electron chi connectivity index (χ4n) is 4.66. The second-order valence-electron chi connectivity index (χ2n) is 10.4. The number of benzene rings is 4. The summed E-state index contributed by atoms with van der Waals surface area (Å²) in [4.78, 5) is 29.3. The van der Waals surface area contributed by atoms with E-state index in [9.17, 15) is 18.0 Å². The fraction of sp³-hybridized carbons (Fsp3) is 0.273. The average Bonchev–Trinajstić information content (AvgIpc) is 2.99. The molecule has 2 amide bonds. The van der Waals surface area contributed by atoms with Crippen LogP contribution in [0, 0.1) is 0 Å². The molecule has 0 aliphatic carbocycles. The first kappa shape index (κ1) is 31.2.